The molecule has 0 atom stereocenters. The Morgan fingerprint density at radius 1 is 0.535 bits per heavy atom. The summed E-state index contributed by atoms with van der Waals surface area (Å²) in [7, 11) is 0. The van der Waals surface area contributed by atoms with Gasteiger partial charge in [0.05, 0.1) is 0 Å². The SMILES string of the molecule is CCc1c(C)/c2[n-]/c1=C\C=c1/[n-]/c(c(CCC(=O)O)c1C)=c1\[n-]/c(c(C)c1CCC(=O)O)=C\C=c1/[n-]\c=2c(C)c1CC.[Mn]. The maximum atomic E-state index is 11.6. The van der Waals surface area contributed by atoms with Crippen molar-refractivity contribution in [2.75, 3.05) is 0 Å². The van der Waals surface area contributed by atoms with Crippen LogP contribution in [0.15, 0.2) is 0 Å². The summed E-state index contributed by atoms with van der Waals surface area (Å²) in [6, 6.07) is 0. The van der Waals surface area contributed by atoms with Crippen molar-refractivity contribution >= 4 is 36.2 Å². The minimum atomic E-state index is -0.890. The molecule has 0 saturated carbocycles. The number of fused-ring (bicyclic) bond motifs is 8. The Labute approximate surface area is 259 Å². The molecule has 227 valence electrons. The van der Waals surface area contributed by atoms with Crippen LogP contribution in [0, 0.1) is 49.1 Å². The van der Waals surface area contributed by atoms with Gasteiger partial charge >= 0.3 is 11.9 Å². The van der Waals surface area contributed by atoms with Gasteiger partial charge in [-0.2, -0.15) is 0 Å². The van der Waals surface area contributed by atoms with Crippen LogP contribution in [0.5, 0.6) is 0 Å². The van der Waals surface area contributed by atoms with Crippen molar-refractivity contribution in [2.45, 2.75) is 80.1 Å². The van der Waals surface area contributed by atoms with Gasteiger partial charge in [-0.05, 0) is 53.4 Å². The van der Waals surface area contributed by atoms with E-state index in [1.807, 2.05) is 38.2 Å². The first-order chi connectivity index (χ1) is 20.0. The average Bonchev–Trinajstić information content (AvgIpc) is 3.63. The van der Waals surface area contributed by atoms with E-state index in [9.17, 15) is 19.8 Å². The van der Waals surface area contributed by atoms with Gasteiger partial charge in [-0.15, -0.1) is 42.8 Å². The van der Waals surface area contributed by atoms with Crippen LogP contribution in [0.2, 0.25) is 0 Å². The van der Waals surface area contributed by atoms with Gasteiger partial charge < -0.3 is 30.1 Å². The molecule has 1 aliphatic heterocycles. The Balaban J connectivity index is 0.00000423. The van der Waals surface area contributed by atoms with E-state index in [4.69, 9.17) is 19.9 Å². The quantitative estimate of drug-likeness (QED) is 0.283. The maximum Gasteiger partial charge on any atom is 0.303 e. The number of carbonyl (C=O) groups is 2. The van der Waals surface area contributed by atoms with E-state index < -0.39 is 11.9 Å². The predicted molar refractivity (Wildman–Crippen MR) is 160 cm³/mol. The van der Waals surface area contributed by atoms with Crippen LogP contribution in [-0.2, 0) is 52.3 Å². The van der Waals surface area contributed by atoms with Crippen LogP contribution in [-0.4, -0.2) is 22.2 Å². The van der Waals surface area contributed by atoms with Crippen LogP contribution in [0.1, 0.15) is 71.2 Å². The molecule has 0 unspecified atom stereocenters. The van der Waals surface area contributed by atoms with E-state index in [1.54, 1.807) is 0 Å². The summed E-state index contributed by atoms with van der Waals surface area (Å²) in [5, 5.41) is 25.2. The Hall–Kier alpha value is -3.94. The minimum absolute atomic E-state index is 0. The van der Waals surface area contributed by atoms with Crippen molar-refractivity contribution in [3.8, 4) is 0 Å². The largest absolute Gasteiger partial charge is 0.658 e. The molecule has 5 heterocycles. The van der Waals surface area contributed by atoms with E-state index in [-0.39, 0.29) is 29.9 Å². The van der Waals surface area contributed by atoms with Gasteiger partial charge in [0.15, 0.2) is 0 Å². The minimum Gasteiger partial charge on any atom is -0.658 e. The molecular weight excluding hydrogens is 583 g/mol. The number of aromatic nitrogens is 4. The molecule has 1 radical (unpaired) electrons. The van der Waals surface area contributed by atoms with Gasteiger partial charge in [0.25, 0.3) is 0 Å². The Morgan fingerprint density at radius 3 is 1.19 bits per heavy atom. The molecule has 0 saturated heterocycles. The van der Waals surface area contributed by atoms with E-state index in [1.165, 1.54) is 0 Å². The Bertz CT molecular complexity index is 2020. The molecule has 2 N–H and O–H groups in total. The van der Waals surface area contributed by atoms with Crippen molar-refractivity contribution in [3.63, 3.8) is 0 Å². The van der Waals surface area contributed by atoms with Crippen LogP contribution < -0.4 is 41.3 Å². The zero-order chi connectivity index (χ0) is 30.3. The second-order valence-corrected chi connectivity index (χ2v) is 11.0. The summed E-state index contributed by atoms with van der Waals surface area (Å²) >= 11 is 0. The van der Waals surface area contributed by atoms with Crippen LogP contribution in [0.25, 0.3) is 24.3 Å². The van der Waals surface area contributed by atoms with Gasteiger partial charge in [0, 0.05) is 29.9 Å². The zero-order valence-corrected chi connectivity index (χ0v) is 26.6. The van der Waals surface area contributed by atoms with E-state index in [0.717, 1.165) is 89.4 Å². The molecule has 0 aliphatic carbocycles. The van der Waals surface area contributed by atoms with E-state index in [2.05, 4.69) is 27.7 Å². The van der Waals surface area contributed by atoms with Crippen LogP contribution in [0.4, 0.5) is 0 Å². The summed E-state index contributed by atoms with van der Waals surface area (Å²) in [6.45, 7) is 12.4. The van der Waals surface area contributed by atoms with Crippen molar-refractivity contribution in [1.29, 1.82) is 0 Å². The normalized spacial score (nSPS) is 16.9. The molecule has 4 aromatic heterocycles. The standard InChI is InChI=1S/C34H36N4O4.Mn/c1-7-21-19(5)31-32-20(6)22(8-2)28(38-32)14-12-26-18(4)24(10-16-30(41)42)34(36-26)33-23(9-15-29(39)40)17(3)25(35-33)11-13-27(21)37-31;/h11-14H,7-10,15-16H2,1-6H3,(H,39,40)(H,41,42);/q-4;/b13-11?,14-12?,25-11-,26-12-,27-13-,28-14-,32-31-,34-33-;. The first kappa shape index (κ1) is 32.0. The van der Waals surface area contributed by atoms with Crippen molar-refractivity contribution < 1.29 is 36.9 Å². The number of aliphatic carboxylic acids is 2. The van der Waals surface area contributed by atoms with Gasteiger partial charge in [0.1, 0.15) is 0 Å². The first-order valence-electron chi connectivity index (χ1n) is 14.5. The maximum absolute atomic E-state index is 11.6. The third-order valence-corrected chi connectivity index (χ3v) is 8.54. The molecule has 5 rings (SSSR count). The molecule has 4 aromatic rings. The topological polar surface area (TPSA) is 131 Å². The monoisotopic (exact) mass is 619 g/mol. The Kier molecular flexibility index (Phi) is 9.47. The summed E-state index contributed by atoms with van der Waals surface area (Å²) in [5.41, 5.74) is 7.98. The van der Waals surface area contributed by atoms with E-state index >= 15 is 0 Å². The van der Waals surface area contributed by atoms with Gasteiger partial charge in [-0.3, -0.25) is 9.59 Å². The molecule has 1 aliphatic rings. The molecule has 8 nitrogen and oxygen atoms in total. The average molecular weight is 620 g/mol. The molecule has 0 fully saturated rings. The van der Waals surface area contributed by atoms with E-state index in [0.29, 0.717) is 23.5 Å². The molecule has 43 heavy (non-hydrogen) atoms. The van der Waals surface area contributed by atoms with Crippen molar-refractivity contribution in [2.24, 2.45) is 0 Å². The van der Waals surface area contributed by atoms with Crippen LogP contribution >= 0.6 is 0 Å². The third-order valence-electron chi connectivity index (χ3n) is 8.54. The number of carboxylic acids is 2. The number of carboxylic acid groups (broad SMARTS) is 2. The smallest absolute Gasteiger partial charge is 0.303 e. The summed E-state index contributed by atoms with van der Waals surface area (Å²) in [5.74, 6) is -1.78. The zero-order valence-electron chi connectivity index (χ0n) is 25.4. The van der Waals surface area contributed by atoms with Gasteiger partial charge in [0.2, 0.25) is 0 Å². The molecule has 8 bridgehead atoms. The number of hydrogen-bond donors (Lipinski definition) is 2. The fourth-order valence-electron chi connectivity index (χ4n) is 6.16. The fourth-order valence-corrected chi connectivity index (χ4v) is 6.16. The van der Waals surface area contributed by atoms with Crippen LogP contribution in [0.3, 0.4) is 0 Å². The molecule has 0 aromatic carbocycles. The summed E-state index contributed by atoms with van der Waals surface area (Å²) in [4.78, 5) is 43.3. The molecule has 0 spiro atoms. The summed E-state index contributed by atoms with van der Waals surface area (Å²) in [6.07, 6.45) is 10.0. The second-order valence-electron chi connectivity index (χ2n) is 11.0. The Morgan fingerprint density at radius 2 is 0.860 bits per heavy atom. The predicted octanol–water partition coefficient (Wildman–Crippen LogP) is 1.32. The second kappa shape index (κ2) is 12.7. The molecule has 9 heteroatoms. The number of nitrogens with zero attached hydrogens (tertiary/aromatic N) is 4. The molecular formula is C34H36MnN4O4-4. The van der Waals surface area contributed by atoms with Crippen molar-refractivity contribution in [3.05, 3.63) is 87.3 Å². The first-order valence-corrected chi connectivity index (χ1v) is 14.5. The van der Waals surface area contributed by atoms with Gasteiger partial charge in [-0.1, -0.05) is 82.7 Å². The van der Waals surface area contributed by atoms with Crippen molar-refractivity contribution in [1.82, 2.24) is 19.9 Å². The fraction of sp³-hybridized carbons (Fsp3) is 0.353. The number of rotatable bonds is 8. The summed E-state index contributed by atoms with van der Waals surface area (Å²) < 4.78 is 0. The third kappa shape index (κ3) is 5.84. The molecule has 0 amide bonds. The number of hydrogen-bond acceptors (Lipinski definition) is 2. The van der Waals surface area contributed by atoms with Gasteiger partial charge in [-0.25, -0.2) is 0 Å².